The molecule has 13 atom stereocenters. The monoisotopic (exact) mass is 650 g/mol. The summed E-state index contributed by atoms with van der Waals surface area (Å²) in [5, 5.41) is 86.2. The van der Waals surface area contributed by atoms with Crippen molar-refractivity contribution in [2.45, 2.75) is 185 Å². The van der Waals surface area contributed by atoms with E-state index in [1.54, 1.807) is 0 Å². The van der Waals surface area contributed by atoms with E-state index in [2.05, 4.69) is 6.92 Å². The number of aliphatic hydroxyl groups excluding tert-OH is 8. The highest BCUT2D eigenvalue weighted by Gasteiger charge is 2.66. The largest absolute Gasteiger partial charge is 0.432 e. The number of ether oxygens (including phenoxy) is 3. The maximum absolute atomic E-state index is 14.4. The molecule has 0 bridgehead atoms. The lowest BCUT2D eigenvalue weighted by Crippen LogP contribution is -2.70. The van der Waals surface area contributed by atoms with Crippen molar-refractivity contribution >= 4 is 11.8 Å². The van der Waals surface area contributed by atoms with Crippen LogP contribution in [0.25, 0.3) is 0 Å². The Morgan fingerprint density at radius 1 is 0.644 bits per heavy atom. The van der Waals surface area contributed by atoms with Crippen molar-refractivity contribution in [1.29, 1.82) is 0 Å². The fourth-order valence-electron chi connectivity index (χ4n) is 6.28. The molecule has 264 valence electrons. The Bertz CT molecular complexity index is 889. The Kier molecular flexibility index (Phi) is 16.8. The fourth-order valence-corrected chi connectivity index (χ4v) is 6.28. The van der Waals surface area contributed by atoms with Crippen molar-refractivity contribution in [1.82, 2.24) is 0 Å². The van der Waals surface area contributed by atoms with Gasteiger partial charge in [-0.25, -0.2) is 0 Å². The molecule has 0 aromatic heterocycles. The SMILES string of the molecule is CCCCCCCCC(O)C(=O)C(C(=O)OC1O[C@@H](C)[C@H](O)[C@@H](O)[C@H]1O)(C(O)CCCCCCC)C1O[C@@H](C)[C@H](O)[C@@H](O)[C@H]1O. The number of rotatable bonds is 19. The summed E-state index contributed by atoms with van der Waals surface area (Å²) in [6, 6.07) is 0. The summed E-state index contributed by atoms with van der Waals surface area (Å²) in [5.41, 5.74) is -2.84. The van der Waals surface area contributed by atoms with E-state index < -0.39 is 90.6 Å². The zero-order valence-electron chi connectivity index (χ0n) is 27.2. The summed E-state index contributed by atoms with van der Waals surface area (Å²) in [6.07, 6.45) is -12.2. The van der Waals surface area contributed by atoms with Crippen LogP contribution in [0.5, 0.6) is 0 Å². The summed E-state index contributed by atoms with van der Waals surface area (Å²) >= 11 is 0. The van der Waals surface area contributed by atoms with Crippen molar-refractivity contribution < 1.29 is 64.7 Å². The summed E-state index contributed by atoms with van der Waals surface area (Å²) in [6.45, 7) is 6.82. The average Bonchev–Trinajstić information content (AvgIpc) is 3.01. The van der Waals surface area contributed by atoms with Gasteiger partial charge in [0.25, 0.3) is 0 Å². The number of hydrogen-bond donors (Lipinski definition) is 8. The van der Waals surface area contributed by atoms with Gasteiger partial charge in [0, 0.05) is 0 Å². The van der Waals surface area contributed by atoms with Crippen LogP contribution in [-0.2, 0) is 23.8 Å². The first-order chi connectivity index (χ1) is 21.3. The molecule has 2 fully saturated rings. The number of unbranched alkanes of at least 4 members (excludes halogenated alkanes) is 9. The van der Waals surface area contributed by atoms with Crippen LogP contribution in [0.4, 0.5) is 0 Å². The smallest absolute Gasteiger partial charge is 0.327 e. The first-order valence-electron chi connectivity index (χ1n) is 16.8. The molecule has 0 aromatic carbocycles. The summed E-state index contributed by atoms with van der Waals surface area (Å²) < 4.78 is 16.7. The average molecular weight is 651 g/mol. The lowest BCUT2D eigenvalue weighted by molar-refractivity contribution is -0.297. The number of aliphatic hydroxyl groups is 8. The first-order valence-corrected chi connectivity index (χ1v) is 16.8. The molecule has 2 aliphatic rings. The Morgan fingerprint density at radius 2 is 1.11 bits per heavy atom. The second-order valence-corrected chi connectivity index (χ2v) is 12.8. The van der Waals surface area contributed by atoms with Crippen LogP contribution in [0.1, 0.15) is 111 Å². The second-order valence-electron chi connectivity index (χ2n) is 12.8. The second kappa shape index (κ2) is 18.9. The van der Waals surface area contributed by atoms with Gasteiger partial charge in [-0.05, 0) is 26.7 Å². The van der Waals surface area contributed by atoms with E-state index in [4.69, 9.17) is 14.2 Å². The van der Waals surface area contributed by atoms with Crippen molar-refractivity contribution in [3.05, 3.63) is 0 Å². The van der Waals surface area contributed by atoms with E-state index in [1.165, 1.54) is 13.8 Å². The molecule has 2 rings (SSSR count). The predicted molar refractivity (Wildman–Crippen MR) is 162 cm³/mol. The van der Waals surface area contributed by atoms with E-state index in [-0.39, 0.29) is 12.8 Å². The van der Waals surface area contributed by atoms with Crippen LogP contribution in [0.15, 0.2) is 0 Å². The van der Waals surface area contributed by atoms with Gasteiger partial charge in [-0.2, -0.15) is 0 Å². The number of hydrogen-bond acceptors (Lipinski definition) is 13. The number of carbonyl (C=O) groups is 2. The molecule has 0 aromatic rings. The van der Waals surface area contributed by atoms with Crippen molar-refractivity contribution in [2.75, 3.05) is 0 Å². The van der Waals surface area contributed by atoms with Gasteiger partial charge in [0.15, 0.2) is 11.2 Å². The molecule has 13 heteroatoms. The summed E-state index contributed by atoms with van der Waals surface area (Å²) in [5.74, 6) is -2.73. The standard InChI is InChI=1S/C32H58O13/c1-5-7-9-11-13-14-16-20(33)28(41)32(21(34)17-15-12-10-8-6-2,29-26(39)24(37)22(35)18(3)43-29)31(42)45-30-27(40)25(38)23(36)19(4)44-30/h18-27,29-30,33-40H,5-17H2,1-4H3/t18-,19-,20?,21?,22-,23-,24+,25+,26+,27+,29?,30?,32?/m0/s1. The van der Waals surface area contributed by atoms with Gasteiger partial charge in [0.05, 0.1) is 18.3 Å². The van der Waals surface area contributed by atoms with E-state index in [9.17, 15) is 50.4 Å². The Balaban J connectivity index is 2.55. The van der Waals surface area contributed by atoms with E-state index in [0.29, 0.717) is 25.7 Å². The van der Waals surface area contributed by atoms with Crippen LogP contribution >= 0.6 is 0 Å². The molecular formula is C32H58O13. The third kappa shape index (κ3) is 9.65. The highest BCUT2D eigenvalue weighted by atomic mass is 16.7. The summed E-state index contributed by atoms with van der Waals surface area (Å²) in [7, 11) is 0. The van der Waals surface area contributed by atoms with Gasteiger partial charge < -0.3 is 55.1 Å². The molecule has 0 amide bonds. The van der Waals surface area contributed by atoms with Gasteiger partial charge in [-0.3, -0.25) is 9.59 Å². The molecule has 8 N–H and O–H groups in total. The molecule has 0 spiro atoms. The molecule has 13 nitrogen and oxygen atoms in total. The van der Waals surface area contributed by atoms with Gasteiger partial charge in [-0.1, -0.05) is 84.5 Å². The van der Waals surface area contributed by atoms with Gasteiger partial charge in [0.2, 0.25) is 6.29 Å². The maximum Gasteiger partial charge on any atom is 0.327 e. The van der Waals surface area contributed by atoms with E-state index in [1.807, 2.05) is 6.92 Å². The molecule has 5 unspecified atom stereocenters. The topological polar surface area (TPSA) is 224 Å². The minimum Gasteiger partial charge on any atom is -0.432 e. The number of ketones is 1. The van der Waals surface area contributed by atoms with Crippen molar-refractivity contribution in [3.8, 4) is 0 Å². The lowest BCUT2D eigenvalue weighted by atomic mass is 9.66. The molecule has 0 saturated carbocycles. The number of carbonyl (C=O) groups excluding carboxylic acids is 2. The molecule has 0 aliphatic carbocycles. The molecule has 45 heavy (non-hydrogen) atoms. The third-order valence-corrected chi connectivity index (χ3v) is 9.32. The van der Waals surface area contributed by atoms with Crippen molar-refractivity contribution in [3.63, 3.8) is 0 Å². The minimum atomic E-state index is -2.84. The minimum absolute atomic E-state index is 0.0722. The number of esters is 1. The van der Waals surface area contributed by atoms with Gasteiger partial charge >= 0.3 is 5.97 Å². The van der Waals surface area contributed by atoms with Gasteiger partial charge in [0.1, 0.15) is 48.8 Å². The Labute approximate surface area is 266 Å². The molecule has 2 saturated heterocycles. The highest BCUT2D eigenvalue weighted by Crippen LogP contribution is 2.43. The van der Waals surface area contributed by atoms with Crippen LogP contribution < -0.4 is 0 Å². The van der Waals surface area contributed by atoms with Crippen LogP contribution in [0, 0.1) is 5.41 Å². The fraction of sp³-hybridized carbons (Fsp3) is 0.938. The quantitative estimate of drug-likeness (QED) is 0.0546. The number of Topliss-reactive ketones (excluding diaryl/α,β-unsaturated/α-hetero) is 1. The molecule has 0 radical (unpaired) electrons. The van der Waals surface area contributed by atoms with E-state index in [0.717, 1.165) is 44.9 Å². The van der Waals surface area contributed by atoms with E-state index >= 15 is 0 Å². The first kappa shape index (κ1) is 39.9. The highest BCUT2D eigenvalue weighted by molar-refractivity contribution is 6.07. The predicted octanol–water partition coefficient (Wildman–Crippen LogP) is 0.616. The van der Waals surface area contributed by atoms with Crippen LogP contribution in [0.2, 0.25) is 0 Å². The van der Waals surface area contributed by atoms with Crippen molar-refractivity contribution in [2.24, 2.45) is 5.41 Å². The zero-order chi connectivity index (χ0) is 33.9. The van der Waals surface area contributed by atoms with Crippen LogP contribution in [-0.4, -0.2) is 126 Å². The maximum atomic E-state index is 14.4. The zero-order valence-corrected chi connectivity index (χ0v) is 27.2. The normalized spacial score (nSPS) is 34.9. The molecule has 2 heterocycles. The molecule has 2 aliphatic heterocycles. The lowest BCUT2D eigenvalue weighted by Gasteiger charge is -2.49. The van der Waals surface area contributed by atoms with Gasteiger partial charge in [-0.15, -0.1) is 0 Å². The van der Waals surface area contributed by atoms with Crippen LogP contribution in [0.3, 0.4) is 0 Å². The summed E-state index contributed by atoms with van der Waals surface area (Å²) in [4.78, 5) is 28.7. The Morgan fingerprint density at radius 3 is 1.67 bits per heavy atom. The Hall–Kier alpha value is -1.26. The molecular weight excluding hydrogens is 592 g/mol. The third-order valence-electron chi connectivity index (χ3n) is 9.32.